The fraction of sp³-hybridized carbons (Fsp3) is 0.357. The minimum atomic E-state index is 0.0177. The number of hydrogen-bond acceptors (Lipinski definition) is 4. The predicted molar refractivity (Wildman–Crippen MR) is 128 cm³/mol. The van der Waals surface area contributed by atoms with Gasteiger partial charge in [0.15, 0.2) is 11.5 Å². The summed E-state index contributed by atoms with van der Waals surface area (Å²) in [5, 5.41) is 0. The fourth-order valence-electron chi connectivity index (χ4n) is 5.12. The van der Waals surface area contributed by atoms with Gasteiger partial charge in [-0.25, -0.2) is 0 Å². The van der Waals surface area contributed by atoms with E-state index in [4.69, 9.17) is 9.47 Å². The molecule has 4 heteroatoms. The maximum absolute atomic E-state index is 5.84. The number of ether oxygens (including phenoxy) is 2. The van der Waals surface area contributed by atoms with Gasteiger partial charge in [0.25, 0.3) is 0 Å². The Morgan fingerprint density at radius 3 is 2.09 bits per heavy atom. The smallest absolute Gasteiger partial charge is 0.161 e. The van der Waals surface area contributed by atoms with Gasteiger partial charge in [0.05, 0.1) is 6.04 Å². The van der Waals surface area contributed by atoms with E-state index in [1.807, 2.05) is 0 Å². The van der Waals surface area contributed by atoms with Crippen LogP contribution in [0.3, 0.4) is 0 Å². The van der Waals surface area contributed by atoms with Crippen LogP contribution in [0.15, 0.2) is 78.9 Å². The summed E-state index contributed by atoms with van der Waals surface area (Å²) >= 11 is 0. The first kappa shape index (κ1) is 21.0. The molecule has 1 atom stereocenters. The van der Waals surface area contributed by atoms with Crippen molar-refractivity contribution < 1.29 is 9.47 Å². The number of fused-ring (bicyclic) bond motifs is 1. The van der Waals surface area contributed by atoms with E-state index in [0.29, 0.717) is 13.2 Å². The van der Waals surface area contributed by atoms with Crippen molar-refractivity contribution in [3.63, 3.8) is 0 Å². The maximum atomic E-state index is 5.84. The molecule has 0 radical (unpaired) electrons. The normalized spacial score (nSPS) is 21.6. The summed E-state index contributed by atoms with van der Waals surface area (Å²) in [7, 11) is 2.26. The quantitative estimate of drug-likeness (QED) is 0.583. The van der Waals surface area contributed by atoms with Gasteiger partial charge >= 0.3 is 0 Å². The second-order valence-corrected chi connectivity index (χ2v) is 9.27. The Morgan fingerprint density at radius 1 is 0.812 bits per heavy atom. The van der Waals surface area contributed by atoms with E-state index in [2.05, 4.69) is 103 Å². The molecule has 32 heavy (non-hydrogen) atoms. The molecule has 1 saturated heterocycles. The molecule has 1 fully saturated rings. The van der Waals surface area contributed by atoms with Crippen LogP contribution >= 0.6 is 0 Å². The van der Waals surface area contributed by atoms with E-state index in [1.165, 1.54) is 16.7 Å². The zero-order valence-electron chi connectivity index (χ0n) is 19.0. The van der Waals surface area contributed by atoms with E-state index in [-0.39, 0.29) is 11.6 Å². The predicted octanol–water partition coefficient (Wildman–Crippen LogP) is 4.80. The Bertz CT molecular complexity index is 1000. The molecule has 0 amide bonds. The highest BCUT2D eigenvalue weighted by Crippen LogP contribution is 2.36. The van der Waals surface area contributed by atoms with Crippen LogP contribution in [0.5, 0.6) is 11.5 Å². The van der Waals surface area contributed by atoms with Gasteiger partial charge in [0.1, 0.15) is 13.2 Å². The molecule has 0 spiro atoms. The molecule has 5 rings (SSSR count). The van der Waals surface area contributed by atoms with Crippen molar-refractivity contribution in [2.24, 2.45) is 0 Å². The Labute approximate surface area is 191 Å². The molecule has 1 unspecified atom stereocenters. The Kier molecular flexibility index (Phi) is 5.90. The third-order valence-electron chi connectivity index (χ3n) is 6.98. The molecule has 0 N–H and O–H groups in total. The molecule has 4 nitrogen and oxygen atoms in total. The number of nitrogens with zero attached hydrogens (tertiary/aromatic N) is 2. The van der Waals surface area contributed by atoms with Crippen LogP contribution in [0.25, 0.3) is 0 Å². The number of hydrogen-bond donors (Lipinski definition) is 0. The van der Waals surface area contributed by atoms with E-state index < -0.39 is 0 Å². The Balaban J connectivity index is 1.43. The molecular formula is C28H32N2O2. The summed E-state index contributed by atoms with van der Waals surface area (Å²) in [6.07, 6.45) is 0.965. The second kappa shape index (κ2) is 8.97. The zero-order valence-corrected chi connectivity index (χ0v) is 19.0. The lowest BCUT2D eigenvalue weighted by Crippen LogP contribution is -2.60. The SMILES string of the molecule is CN1CCN(C(c2ccccc2)c2ccccc2)CC1(C)Cc1ccc2c(c1)OCCO2. The summed E-state index contributed by atoms with van der Waals surface area (Å²) < 4.78 is 11.6. The van der Waals surface area contributed by atoms with E-state index in [9.17, 15) is 0 Å². The van der Waals surface area contributed by atoms with Crippen molar-refractivity contribution in [3.8, 4) is 11.5 Å². The minimum absolute atomic E-state index is 0.0177. The van der Waals surface area contributed by atoms with Crippen molar-refractivity contribution in [1.29, 1.82) is 0 Å². The van der Waals surface area contributed by atoms with Gasteiger partial charge in [-0.15, -0.1) is 0 Å². The van der Waals surface area contributed by atoms with Crippen LogP contribution in [0.1, 0.15) is 29.7 Å². The van der Waals surface area contributed by atoms with Crippen molar-refractivity contribution in [3.05, 3.63) is 95.6 Å². The molecule has 2 aliphatic rings. The lowest BCUT2D eigenvalue weighted by Gasteiger charge is -2.50. The second-order valence-electron chi connectivity index (χ2n) is 9.27. The van der Waals surface area contributed by atoms with Crippen LogP contribution in [0.4, 0.5) is 0 Å². The molecule has 0 aliphatic carbocycles. The standard InChI is InChI=1S/C28H32N2O2/c1-28(20-22-13-14-25-26(19-22)32-18-17-31-25)21-30(16-15-29(28)2)27(23-9-5-3-6-10-23)24-11-7-4-8-12-24/h3-14,19,27H,15-18,20-21H2,1-2H3. The van der Waals surface area contributed by atoms with Gasteiger partial charge in [-0.05, 0) is 49.2 Å². The third kappa shape index (κ3) is 4.25. The van der Waals surface area contributed by atoms with Crippen LogP contribution in [-0.2, 0) is 6.42 Å². The van der Waals surface area contributed by atoms with E-state index in [1.54, 1.807) is 0 Å². The highest BCUT2D eigenvalue weighted by molar-refractivity contribution is 5.44. The van der Waals surface area contributed by atoms with Gasteiger partial charge in [0.2, 0.25) is 0 Å². The van der Waals surface area contributed by atoms with E-state index in [0.717, 1.165) is 37.6 Å². The molecule has 3 aromatic rings. The monoisotopic (exact) mass is 428 g/mol. The Morgan fingerprint density at radius 2 is 1.44 bits per heavy atom. The highest BCUT2D eigenvalue weighted by Gasteiger charge is 2.39. The molecular weight excluding hydrogens is 396 g/mol. The Hall–Kier alpha value is -2.82. The lowest BCUT2D eigenvalue weighted by atomic mass is 9.86. The summed E-state index contributed by atoms with van der Waals surface area (Å²) in [5.41, 5.74) is 4.01. The first-order valence-corrected chi connectivity index (χ1v) is 11.6. The molecule has 3 aromatic carbocycles. The van der Waals surface area contributed by atoms with Crippen LogP contribution < -0.4 is 9.47 Å². The van der Waals surface area contributed by atoms with E-state index >= 15 is 0 Å². The number of benzene rings is 3. The zero-order chi connectivity index (χ0) is 22.0. The molecule has 2 aliphatic heterocycles. The average molecular weight is 429 g/mol. The first-order valence-electron chi connectivity index (χ1n) is 11.6. The number of likely N-dealkylation sites (N-methyl/N-ethyl adjacent to an activating group) is 1. The molecule has 166 valence electrons. The van der Waals surface area contributed by atoms with Crippen molar-refractivity contribution in [2.45, 2.75) is 24.9 Å². The summed E-state index contributed by atoms with van der Waals surface area (Å²) in [4.78, 5) is 5.18. The van der Waals surface area contributed by atoms with Crippen molar-refractivity contribution in [1.82, 2.24) is 9.80 Å². The average Bonchev–Trinajstić information content (AvgIpc) is 2.83. The molecule has 0 aromatic heterocycles. The minimum Gasteiger partial charge on any atom is -0.486 e. The van der Waals surface area contributed by atoms with Gasteiger partial charge < -0.3 is 9.47 Å². The van der Waals surface area contributed by atoms with Gasteiger partial charge in [-0.3, -0.25) is 9.80 Å². The maximum Gasteiger partial charge on any atom is 0.161 e. The highest BCUT2D eigenvalue weighted by atomic mass is 16.6. The summed E-state index contributed by atoms with van der Waals surface area (Å²) in [6.45, 7) is 6.72. The van der Waals surface area contributed by atoms with Gasteiger partial charge in [0, 0.05) is 25.2 Å². The first-order chi connectivity index (χ1) is 15.6. The van der Waals surface area contributed by atoms with Gasteiger partial charge in [-0.2, -0.15) is 0 Å². The largest absolute Gasteiger partial charge is 0.486 e. The van der Waals surface area contributed by atoms with Crippen LogP contribution in [-0.4, -0.2) is 55.2 Å². The number of rotatable bonds is 5. The third-order valence-corrected chi connectivity index (χ3v) is 6.98. The lowest BCUT2D eigenvalue weighted by molar-refractivity contribution is 0.0133. The van der Waals surface area contributed by atoms with Crippen LogP contribution in [0, 0.1) is 0 Å². The topological polar surface area (TPSA) is 24.9 Å². The van der Waals surface area contributed by atoms with Crippen LogP contribution in [0.2, 0.25) is 0 Å². The van der Waals surface area contributed by atoms with Crippen molar-refractivity contribution in [2.75, 3.05) is 39.9 Å². The van der Waals surface area contributed by atoms with Crippen molar-refractivity contribution >= 4 is 0 Å². The molecule has 2 heterocycles. The summed E-state index contributed by atoms with van der Waals surface area (Å²) in [6, 6.07) is 28.5. The summed E-state index contributed by atoms with van der Waals surface area (Å²) in [5.74, 6) is 1.73. The number of piperazine rings is 1. The molecule has 0 bridgehead atoms. The van der Waals surface area contributed by atoms with Gasteiger partial charge in [-0.1, -0.05) is 66.7 Å². The molecule has 0 saturated carbocycles. The fourth-order valence-corrected chi connectivity index (χ4v) is 5.12.